The van der Waals surface area contributed by atoms with E-state index in [1.807, 2.05) is 0 Å². The van der Waals surface area contributed by atoms with E-state index in [4.69, 9.17) is 0 Å². The van der Waals surface area contributed by atoms with Crippen LogP contribution in [0.25, 0.3) is 22.5 Å². The monoisotopic (exact) mass is 276 g/mol. The molecule has 2 heteroatoms. The van der Waals surface area contributed by atoms with E-state index in [2.05, 4.69) is 71.6 Å². The summed E-state index contributed by atoms with van der Waals surface area (Å²) in [5.41, 5.74) is 8.33. The van der Waals surface area contributed by atoms with Crippen LogP contribution in [0, 0.1) is 6.92 Å². The first-order chi connectivity index (χ1) is 10.3. The quantitative estimate of drug-likeness (QED) is 0.652. The summed E-state index contributed by atoms with van der Waals surface area (Å²) in [6, 6.07) is 15.3. The van der Waals surface area contributed by atoms with E-state index in [-0.39, 0.29) is 0 Å². The van der Waals surface area contributed by atoms with Gasteiger partial charge in [0.2, 0.25) is 0 Å². The van der Waals surface area contributed by atoms with Gasteiger partial charge in [0.05, 0.1) is 11.4 Å². The van der Waals surface area contributed by atoms with Crippen molar-refractivity contribution in [1.29, 1.82) is 0 Å². The average molecular weight is 276 g/mol. The predicted molar refractivity (Wildman–Crippen MR) is 87.4 cm³/mol. The summed E-state index contributed by atoms with van der Waals surface area (Å²) in [7, 11) is 0. The first kappa shape index (κ1) is 12.5. The Hall–Kier alpha value is -2.22. The van der Waals surface area contributed by atoms with E-state index in [1.165, 1.54) is 33.8 Å². The van der Waals surface area contributed by atoms with Crippen LogP contribution in [-0.2, 0) is 19.5 Å². The fraction of sp³-hybridized carbons (Fsp3) is 0.263. The normalized spacial score (nSPS) is 13.0. The van der Waals surface area contributed by atoms with Gasteiger partial charge in [-0.05, 0) is 36.6 Å². The Bertz CT molecular complexity index is 791. The number of nitrogens with zero attached hydrogens (tertiary/aromatic N) is 2. The van der Waals surface area contributed by atoms with Crippen molar-refractivity contribution in [2.45, 2.75) is 33.4 Å². The molecule has 0 bridgehead atoms. The van der Waals surface area contributed by atoms with Crippen molar-refractivity contribution in [3.05, 3.63) is 59.9 Å². The van der Waals surface area contributed by atoms with Gasteiger partial charge in [0.15, 0.2) is 0 Å². The molecule has 2 aromatic heterocycles. The fourth-order valence-electron chi connectivity index (χ4n) is 3.58. The Kier molecular flexibility index (Phi) is 2.78. The van der Waals surface area contributed by atoms with E-state index in [0.717, 1.165) is 19.5 Å². The third-order valence-corrected chi connectivity index (χ3v) is 4.63. The zero-order valence-corrected chi connectivity index (χ0v) is 12.6. The first-order valence-corrected chi connectivity index (χ1v) is 7.73. The highest BCUT2D eigenvalue weighted by atomic mass is 15.1. The zero-order chi connectivity index (χ0) is 14.4. The fourth-order valence-corrected chi connectivity index (χ4v) is 3.58. The third-order valence-electron chi connectivity index (χ3n) is 4.63. The second-order valence-electron chi connectivity index (χ2n) is 5.79. The van der Waals surface area contributed by atoms with Crippen LogP contribution in [0.1, 0.15) is 18.2 Å². The van der Waals surface area contributed by atoms with Gasteiger partial charge in [-0.15, -0.1) is 0 Å². The van der Waals surface area contributed by atoms with Gasteiger partial charge in [0, 0.05) is 30.5 Å². The number of hydrogen-bond acceptors (Lipinski definition) is 0. The van der Waals surface area contributed by atoms with Crippen molar-refractivity contribution in [3.8, 4) is 22.5 Å². The summed E-state index contributed by atoms with van der Waals surface area (Å²) < 4.78 is 4.89. The lowest BCUT2D eigenvalue weighted by atomic mass is 10.00. The Morgan fingerprint density at radius 3 is 2.57 bits per heavy atom. The van der Waals surface area contributed by atoms with Crippen LogP contribution >= 0.6 is 0 Å². The van der Waals surface area contributed by atoms with Crippen molar-refractivity contribution in [2.75, 3.05) is 0 Å². The molecule has 0 spiro atoms. The van der Waals surface area contributed by atoms with Crippen molar-refractivity contribution >= 4 is 0 Å². The predicted octanol–water partition coefficient (Wildman–Crippen LogP) is 4.51. The van der Waals surface area contributed by atoms with E-state index in [1.54, 1.807) is 0 Å². The Balaban J connectivity index is 1.97. The smallest absolute Gasteiger partial charge is 0.0687 e. The number of rotatable bonds is 2. The van der Waals surface area contributed by atoms with Crippen LogP contribution in [0.4, 0.5) is 0 Å². The van der Waals surface area contributed by atoms with Gasteiger partial charge in [0.1, 0.15) is 0 Å². The van der Waals surface area contributed by atoms with Crippen molar-refractivity contribution in [2.24, 2.45) is 0 Å². The molecule has 3 heterocycles. The molecule has 0 aliphatic carbocycles. The minimum Gasteiger partial charge on any atom is -0.344 e. The lowest BCUT2D eigenvalue weighted by Gasteiger charge is -2.21. The largest absolute Gasteiger partial charge is 0.344 e. The molecule has 1 aromatic carbocycles. The first-order valence-electron chi connectivity index (χ1n) is 7.73. The van der Waals surface area contributed by atoms with E-state index >= 15 is 0 Å². The molecule has 0 atom stereocenters. The molecule has 4 rings (SSSR count). The van der Waals surface area contributed by atoms with Gasteiger partial charge in [0.25, 0.3) is 0 Å². The van der Waals surface area contributed by atoms with Crippen molar-refractivity contribution in [3.63, 3.8) is 0 Å². The molecular formula is C19H20N2. The lowest BCUT2D eigenvalue weighted by molar-refractivity contribution is 0.551. The molecule has 0 saturated carbocycles. The number of aromatic nitrogens is 2. The molecule has 0 amide bonds. The number of fused-ring (bicyclic) bond motifs is 3. The van der Waals surface area contributed by atoms with Gasteiger partial charge in [-0.2, -0.15) is 0 Å². The Morgan fingerprint density at radius 1 is 1.00 bits per heavy atom. The summed E-state index contributed by atoms with van der Waals surface area (Å²) in [5.74, 6) is 0. The van der Waals surface area contributed by atoms with Crippen molar-refractivity contribution < 1.29 is 0 Å². The SMILES string of the molecule is CCc1c(-c2ccccc2)cn2c1-c1ccc(C)n1CC2. The van der Waals surface area contributed by atoms with E-state index in [9.17, 15) is 0 Å². The average Bonchev–Trinajstić information content (AvgIpc) is 3.08. The number of benzene rings is 1. The molecule has 0 saturated heterocycles. The van der Waals surface area contributed by atoms with Crippen LogP contribution < -0.4 is 0 Å². The van der Waals surface area contributed by atoms with Crippen LogP contribution in [-0.4, -0.2) is 9.13 Å². The van der Waals surface area contributed by atoms with Gasteiger partial charge >= 0.3 is 0 Å². The molecule has 0 fully saturated rings. The molecular weight excluding hydrogens is 256 g/mol. The standard InChI is InChI=1S/C19H20N2/c1-3-16-17(15-7-5-4-6-8-15)13-20-11-12-21-14(2)9-10-18(21)19(16)20/h4-10,13H,3,11-12H2,1-2H3. The highest BCUT2D eigenvalue weighted by Crippen LogP contribution is 2.37. The highest BCUT2D eigenvalue weighted by Gasteiger charge is 2.23. The van der Waals surface area contributed by atoms with Crippen LogP contribution in [0.5, 0.6) is 0 Å². The molecule has 0 radical (unpaired) electrons. The number of aryl methyl sites for hydroxylation is 2. The third kappa shape index (κ3) is 1.79. The van der Waals surface area contributed by atoms with Crippen molar-refractivity contribution in [1.82, 2.24) is 9.13 Å². The summed E-state index contributed by atoms with van der Waals surface area (Å²) in [5, 5.41) is 0. The lowest BCUT2D eigenvalue weighted by Crippen LogP contribution is -2.16. The Morgan fingerprint density at radius 2 is 1.81 bits per heavy atom. The van der Waals surface area contributed by atoms with Gasteiger partial charge in [-0.1, -0.05) is 37.3 Å². The molecule has 2 nitrogen and oxygen atoms in total. The van der Waals surface area contributed by atoms with E-state index < -0.39 is 0 Å². The second-order valence-corrected chi connectivity index (χ2v) is 5.79. The second kappa shape index (κ2) is 4.66. The van der Waals surface area contributed by atoms with Crippen LogP contribution in [0.15, 0.2) is 48.7 Å². The molecule has 21 heavy (non-hydrogen) atoms. The Labute approximate surface area is 125 Å². The summed E-state index contributed by atoms with van der Waals surface area (Å²) >= 11 is 0. The molecule has 1 aliphatic heterocycles. The van der Waals surface area contributed by atoms with Crippen LogP contribution in [0.2, 0.25) is 0 Å². The summed E-state index contributed by atoms with van der Waals surface area (Å²) in [4.78, 5) is 0. The molecule has 0 N–H and O–H groups in total. The molecule has 106 valence electrons. The summed E-state index contributed by atoms with van der Waals surface area (Å²) in [6.45, 7) is 6.61. The maximum atomic E-state index is 2.45. The van der Waals surface area contributed by atoms with Gasteiger partial charge in [-0.25, -0.2) is 0 Å². The maximum absolute atomic E-state index is 2.45. The molecule has 0 unspecified atom stereocenters. The zero-order valence-electron chi connectivity index (χ0n) is 12.6. The highest BCUT2D eigenvalue weighted by molar-refractivity contribution is 5.77. The van der Waals surface area contributed by atoms with E-state index in [0.29, 0.717) is 0 Å². The maximum Gasteiger partial charge on any atom is 0.0687 e. The van der Waals surface area contributed by atoms with Gasteiger partial charge in [-0.3, -0.25) is 0 Å². The minimum atomic E-state index is 1.07. The van der Waals surface area contributed by atoms with Crippen LogP contribution in [0.3, 0.4) is 0 Å². The number of hydrogen-bond donors (Lipinski definition) is 0. The van der Waals surface area contributed by atoms with Gasteiger partial charge < -0.3 is 9.13 Å². The molecule has 1 aliphatic rings. The topological polar surface area (TPSA) is 9.86 Å². The summed E-state index contributed by atoms with van der Waals surface area (Å²) in [6.07, 6.45) is 3.41. The molecule has 3 aromatic rings. The minimum absolute atomic E-state index is 1.07.